The first-order valence-corrected chi connectivity index (χ1v) is 6.34. The number of carbonyl (C=O) groups is 1. The summed E-state index contributed by atoms with van der Waals surface area (Å²) in [6.45, 7) is 4.07. The number of nitrogens with zero attached hydrogens (tertiary/aromatic N) is 1. The highest BCUT2D eigenvalue weighted by molar-refractivity contribution is 5.73. The van der Waals surface area contributed by atoms with Crippen molar-refractivity contribution in [3.05, 3.63) is 35.9 Å². The van der Waals surface area contributed by atoms with Gasteiger partial charge in [0.15, 0.2) is 6.10 Å². The lowest BCUT2D eigenvalue weighted by molar-refractivity contribution is -0.163. The van der Waals surface area contributed by atoms with E-state index in [1.54, 1.807) is 0 Å². The van der Waals surface area contributed by atoms with Gasteiger partial charge in [0.25, 0.3) is 0 Å². The van der Waals surface area contributed by atoms with Gasteiger partial charge in [-0.2, -0.15) is 0 Å². The largest absolute Gasteiger partial charge is 0.479 e. The van der Waals surface area contributed by atoms with Crippen LogP contribution in [-0.4, -0.2) is 41.3 Å². The molecular formula is C14H19NO3. The molecule has 1 N–H and O–H groups in total. The van der Waals surface area contributed by atoms with Crippen molar-refractivity contribution in [1.82, 2.24) is 4.90 Å². The van der Waals surface area contributed by atoms with Crippen molar-refractivity contribution < 1.29 is 14.6 Å². The summed E-state index contributed by atoms with van der Waals surface area (Å²) in [4.78, 5) is 13.4. The molecule has 0 radical (unpaired) electrons. The van der Waals surface area contributed by atoms with Crippen molar-refractivity contribution in [2.45, 2.75) is 32.0 Å². The van der Waals surface area contributed by atoms with E-state index in [1.165, 1.54) is 5.56 Å². The molecule has 2 atom stereocenters. The molecule has 0 amide bonds. The summed E-state index contributed by atoms with van der Waals surface area (Å²) in [6, 6.07) is 10.1. The number of rotatable bonds is 4. The fourth-order valence-corrected chi connectivity index (χ4v) is 2.49. The molecule has 1 heterocycles. The molecule has 0 saturated carbocycles. The number of morpholine rings is 1. The number of aliphatic carboxylic acids is 1. The van der Waals surface area contributed by atoms with Gasteiger partial charge in [-0.1, -0.05) is 37.3 Å². The molecule has 1 aliphatic rings. The van der Waals surface area contributed by atoms with Crippen LogP contribution in [0.1, 0.15) is 18.9 Å². The Bertz CT molecular complexity index is 393. The molecule has 0 aliphatic carbocycles. The van der Waals surface area contributed by atoms with Crippen LogP contribution in [0.2, 0.25) is 0 Å². The monoisotopic (exact) mass is 249 g/mol. The second kappa shape index (κ2) is 5.98. The molecule has 0 spiro atoms. The van der Waals surface area contributed by atoms with E-state index in [9.17, 15) is 9.90 Å². The molecule has 1 aliphatic heterocycles. The average molecular weight is 249 g/mol. The molecule has 4 nitrogen and oxygen atoms in total. The number of carboxylic acid groups (broad SMARTS) is 1. The van der Waals surface area contributed by atoms with Crippen molar-refractivity contribution in [3.8, 4) is 0 Å². The third kappa shape index (κ3) is 2.89. The van der Waals surface area contributed by atoms with Crippen molar-refractivity contribution >= 4 is 5.97 Å². The normalized spacial score (nSPS) is 24.9. The van der Waals surface area contributed by atoms with Crippen LogP contribution in [0.3, 0.4) is 0 Å². The van der Waals surface area contributed by atoms with Gasteiger partial charge in [-0.15, -0.1) is 0 Å². The highest BCUT2D eigenvalue weighted by Crippen LogP contribution is 2.20. The van der Waals surface area contributed by atoms with Crippen LogP contribution in [0.25, 0.3) is 0 Å². The maximum atomic E-state index is 11.2. The quantitative estimate of drug-likeness (QED) is 0.883. The number of benzene rings is 1. The molecule has 18 heavy (non-hydrogen) atoms. The Morgan fingerprint density at radius 2 is 2.17 bits per heavy atom. The van der Waals surface area contributed by atoms with Gasteiger partial charge >= 0.3 is 5.97 Å². The van der Waals surface area contributed by atoms with Crippen LogP contribution >= 0.6 is 0 Å². The Labute approximate surface area is 107 Å². The zero-order chi connectivity index (χ0) is 13.0. The predicted octanol–water partition coefficient (Wildman–Crippen LogP) is 1.75. The summed E-state index contributed by atoms with van der Waals surface area (Å²) in [5.41, 5.74) is 1.21. The van der Waals surface area contributed by atoms with Crippen LogP contribution in [0.5, 0.6) is 0 Å². The molecule has 0 bridgehead atoms. The molecule has 2 rings (SSSR count). The van der Waals surface area contributed by atoms with Crippen molar-refractivity contribution in [2.75, 3.05) is 13.2 Å². The van der Waals surface area contributed by atoms with Gasteiger partial charge in [0.1, 0.15) is 0 Å². The maximum absolute atomic E-state index is 11.2. The second-order valence-corrected chi connectivity index (χ2v) is 4.56. The summed E-state index contributed by atoms with van der Waals surface area (Å²) in [5.74, 6) is -0.861. The van der Waals surface area contributed by atoms with Crippen LogP contribution in [0, 0.1) is 0 Å². The molecule has 0 aromatic heterocycles. The Kier molecular flexibility index (Phi) is 4.33. The third-order valence-electron chi connectivity index (χ3n) is 3.38. The molecule has 1 aromatic rings. The minimum atomic E-state index is -0.861. The van der Waals surface area contributed by atoms with Gasteiger partial charge in [0.05, 0.1) is 6.61 Å². The zero-order valence-electron chi connectivity index (χ0n) is 10.6. The van der Waals surface area contributed by atoms with E-state index >= 15 is 0 Å². The Balaban J connectivity index is 2.08. The van der Waals surface area contributed by atoms with E-state index in [1.807, 2.05) is 25.1 Å². The molecule has 1 fully saturated rings. The van der Waals surface area contributed by atoms with E-state index in [0.717, 1.165) is 19.5 Å². The average Bonchev–Trinajstić information content (AvgIpc) is 2.39. The van der Waals surface area contributed by atoms with E-state index in [4.69, 9.17) is 4.74 Å². The summed E-state index contributed by atoms with van der Waals surface area (Å²) in [6.07, 6.45) is 0.0801. The first kappa shape index (κ1) is 13.1. The first-order valence-electron chi connectivity index (χ1n) is 6.34. The van der Waals surface area contributed by atoms with Gasteiger partial charge < -0.3 is 9.84 Å². The summed E-state index contributed by atoms with van der Waals surface area (Å²) in [5, 5.41) is 9.17. The number of carboxylic acids is 1. The minimum absolute atomic E-state index is 0.0449. The second-order valence-electron chi connectivity index (χ2n) is 4.56. The number of hydrogen-bond acceptors (Lipinski definition) is 3. The lowest BCUT2D eigenvalue weighted by atomic mass is 10.0. The molecule has 1 saturated heterocycles. The summed E-state index contributed by atoms with van der Waals surface area (Å²) >= 11 is 0. The van der Waals surface area contributed by atoms with Crippen LogP contribution in [0.15, 0.2) is 30.3 Å². The topological polar surface area (TPSA) is 49.8 Å². The van der Waals surface area contributed by atoms with Gasteiger partial charge in [-0.05, 0) is 12.0 Å². The Morgan fingerprint density at radius 1 is 1.44 bits per heavy atom. The molecule has 98 valence electrons. The first-order chi connectivity index (χ1) is 8.72. The molecule has 1 aromatic carbocycles. The fraction of sp³-hybridized carbons (Fsp3) is 0.500. The highest BCUT2D eigenvalue weighted by Gasteiger charge is 2.35. The molecule has 4 heteroatoms. The minimum Gasteiger partial charge on any atom is -0.479 e. The molecular weight excluding hydrogens is 230 g/mol. The van der Waals surface area contributed by atoms with Gasteiger partial charge in [0, 0.05) is 19.1 Å². The zero-order valence-corrected chi connectivity index (χ0v) is 10.6. The van der Waals surface area contributed by atoms with E-state index < -0.39 is 12.1 Å². The van der Waals surface area contributed by atoms with E-state index in [-0.39, 0.29) is 6.04 Å². The fourth-order valence-electron chi connectivity index (χ4n) is 2.49. The highest BCUT2D eigenvalue weighted by atomic mass is 16.5. The lowest BCUT2D eigenvalue weighted by Gasteiger charge is -2.39. The lowest BCUT2D eigenvalue weighted by Crippen LogP contribution is -2.53. The standard InChI is InChI=1S/C14H19NO3/c1-2-12-13(14(16)17)18-9-8-15(12)10-11-6-4-3-5-7-11/h3-7,12-13H,2,8-10H2,1H3,(H,16,17)/t12-,13-/m1/s1. The van der Waals surface area contributed by atoms with E-state index in [0.29, 0.717) is 6.61 Å². The predicted molar refractivity (Wildman–Crippen MR) is 68.3 cm³/mol. The van der Waals surface area contributed by atoms with Gasteiger partial charge in [-0.25, -0.2) is 4.79 Å². The summed E-state index contributed by atoms with van der Waals surface area (Å²) < 4.78 is 5.37. The van der Waals surface area contributed by atoms with Crippen molar-refractivity contribution in [1.29, 1.82) is 0 Å². The van der Waals surface area contributed by atoms with Gasteiger partial charge in [-0.3, -0.25) is 4.90 Å². The SMILES string of the molecule is CC[C@@H]1[C@H](C(=O)O)OCCN1Cc1ccccc1. The third-order valence-corrected chi connectivity index (χ3v) is 3.38. The van der Waals surface area contributed by atoms with Crippen molar-refractivity contribution in [3.63, 3.8) is 0 Å². The molecule has 0 unspecified atom stereocenters. The van der Waals surface area contributed by atoms with Crippen LogP contribution in [0.4, 0.5) is 0 Å². The van der Waals surface area contributed by atoms with Crippen LogP contribution in [-0.2, 0) is 16.1 Å². The number of hydrogen-bond donors (Lipinski definition) is 1. The van der Waals surface area contributed by atoms with Gasteiger partial charge in [0.2, 0.25) is 0 Å². The maximum Gasteiger partial charge on any atom is 0.334 e. The van der Waals surface area contributed by atoms with Crippen LogP contribution < -0.4 is 0 Å². The van der Waals surface area contributed by atoms with Crippen molar-refractivity contribution in [2.24, 2.45) is 0 Å². The Hall–Kier alpha value is -1.39. The summed E-state index contributed by atoms with van der Waals surface area (Å²) in [7, 11) is 0. The number of ether oxygens (including phenoxy) is 1. The smallest absolute Gasteiger partial charge is 0.334 e. The van der Waals surface area contributed by atoms with E-state index in [2.05, 4.69) is 17.0 Å². The Morgan fingerprint density at radius 3 is 2.78 bits per heavy atom.